The van der Waals surface area contributed by atoms with Gasteiger partial charge in [0.15, 0.2) is 5.78 Å². The van der Waals surface area contributed by atoms with Crippen molar-refractivity contribution < 1.29 is 19.4 Å². The summed E-state index contributed by atoms with van der Waals surface area (Å²) in [5, 5.41) is 12.3. The van der Waals surface area contributed by atoms with Crippen molar-refractivity contribution >= 4 is 11.8 Å². The third-order valence-electron chi connectivity index (χ3n) is 9.36. The smallest absolute Gasteiger partial charge is 0.309 e. The Balaban J connectivity index is 1.76. The van der Waals surface area contributed by atoms with Crippen LogP contribution in [0.15, 0.2) is 23.3 Å². The van der Waals surface area contributed by atoms with E-state index in [4.69, 9.17) is 4.74 Å². The summed E-state index contributed by atoms with van der Waals surface area (Å²) in [4.78, 5) is 25.8. The monoisotopic (exact) mass is 414 g/mol. The quantitative estimate of drug-likeness (QED) is 0.536. The van der Waals surface area contributed by atoms with E-state index in [1.165, 1.54) is 0 Å². The van der Waals surface area contributed by atoms with E-state index in [1.54, 1.807) is 0 Å². The van der Waals surface area contributed by atoms with E-state index in [-0.39, 0.29) is 58.6 Å². The van der Waals surface area contributed by atoms with E-state index >= 15 is 0 Å². The SMILES string of the molecule is CC1=C[C@H]2[C@@H]3C(C)(C)[C@]3(OC(=O)C(C)C(C)C)C[C@@H](C)[C@]2(O)[C@@H]2C=C(C)C(=O)[C@H]2C1. The lowest BCUT2D eigenvalue weighted by atomic mass is 9.61. The average molecular weight is 415 g/mol. The Kier molecular flexibility index (Phi) is 4.75. The summed E-state index contributed by atoms with van der Waals surface area (Å²) in [5.74, 6) is -0.347. The van der Waals surface area contributed by atoms with E-state index in [9.17, 15) is 14.7 Å². The maximum atomic E-state index is 13.0. The van der Waals surface area contributed by atoms with Gasteiger partial charge in [-0.25, -0.2) is 0 Å². The molecule has 0 saturated heterocycles. The molecule has 0 aromatic carbocycles. The molecule has 4 heteroatoms. The van der Waals surface area contributed by atoms with Gasteiger partial charge in [-0.15, -0.1) is 0 Å². The first-order valence-electron chi connectivity index (χ1n) is 11.6. The van der Waals surface area contributed by atoms with Crippen LogP contribution in [0.3, 0.4) is 0 Å². The molecule has 4 aliphatic rings. The number of carbonyl (C=O) groups excluding carboxylic acids is 2. The molecule has 8 atom stereocenters. The molecule has 2 saturated carbocycles. The first-order chi connectivity index (χ1) is 13.8. The van der Waals surface area contributed by atoms with Crippen LogP contribution in [-0.2, 0) is 14.3 Å². The second-order valence-corrected chi connectivity index (χ2v) is 11.6. The number of fused-ring (bicyclic) bond motifs is 5. The standard InChI is InChI=1S/C26H38O4/c1-13(2)17(6)23(28)30-25-12-16(5)26(29)19-11-15(4)21(27)18(19)9-14(3)10-20(26)22(25)24(25,7)8/h10-11,13,16-20,22,29H,9,12H2,1-8H3/t16-,17?,18+,19-,20+,22-,25+,26+/m1/s1. The molecule has 1 unspecified atom stereocenters. The third-order valence-corrected chi connectivity index (χ3v) is 9.36. The van der Waals surface area contributed by atoms with Crippen LogP contribution in [0.25, 0.3) is 0 Å². The van der Waals surface area contributed by atoms with Crippen molar-refractivity contribution in [2.75, 3.05) is 0 Å². The number of hydrogen-bond donors (Lipinski definition) is 1. The summed E-state index contributed by atoms with van der Waals surface area (Å²) >= 11 is 0. The van der Waals surface area contributed by atoms with Crippen LogP contribution in [0.4, 0.5) is 0 Å². The van der Waals surface area contributed by atoms with E-state index in [2.05, 4.69) is 33.8 Å². The fourth-order valence-corrected chi connectivity index (χ4v) is 7.08. The second kappa shape index (κ2) is 6.54. The maximum absolute atomic E-state index is 13.0. The zero-order chi connectivity index (χ0) is 22.4. The van der Waals surface area contributed by atoms with Gasteiger partial charge in [-0.3, -0.25) is 9.59 Å². The van der Waals surface area contributed by atoms with Crippen LogP contribution in [0.2, 0.25) is 0 Å². The number of ketones is 1. The highest BCUT2D eigenvalue weighted by Gasteiger charge is 2.82. The Morgan fingerprint density at radius 1 is 1.17 bits per heavy atom. The molecular weight excluding hydrogens is 376 g/mol. The number of rotatable bonds is 3. The number of esters is 1. The zero-order valence-electron chi connectivity index (χ0n) is 19.8. The number of allylic oxidation sites excluding steroid dienone is 2. The highest BCUT2D eigenvalue weighted by molar-refractivity contribution is 5.99. The summed E-state index contributed by atoms with van der Waals surface area (Å²) in [6, 6.07) is 0. The summed E-state index contributed by atoms with van der Waals surface area (Å²) in [6.45, 7) is 16.4. The van der Waals surface area contributed by atoms with Crippen LogP contribution >= 0.6 is 0 Å². The Morgan fingerprint density at radius 2 is 1.80 bits per heavy atom. The molecule has 0 spiro atoms. The van der Waals surface area contributed by atoms with Crippen LogP contribution in [0.1, 0.15) is 68.2 Å². The predicted octanol–water partition coefficient (Wildman–Crippen LogP) is 4.72. The Labute approximate surface area is 181 Å². The summed E-state index contributed by atoms with van der Waals surface area (Å²) in [5.41, 5.74) is 0.203. The van der Waals surface area contributed by atoms with Crippen LogP contribution in [0, 0.1) is 46.8 Å². The molecule has 2 fully saturated rings. The maximum Gasteiger partial charge on any atom is 0.309 e. The molecule has 4 aliphatic carbocycles. The number of Topliss-reactive ketones (excluding diaryl/α,β-unsaturated/α-hetero) is 1. The fraction of sp³-hybridized carbons (Fsp3) is 0.769. The molecule has 0 aliphatic heterocycles. The van der Waals surface area contributed by atoms with Crippen LogP contribution < -0.4 is 0 Å². The molecule has 0 aromatic rings. The van der Waals surface area contributed by atoms with Crippen molar-refractivity contribution in [1.29, 1.82) is 0 Å². The molecule has 0 radical (unpaired) electrons. The molecule has 4 nitrogen and oxygen atoms in total. The third kappa shape index (κ3) is 2.61. The highest BCUT2D eigenvalue weighted by atomic mass is 16.6. The largest absolute Gasteiger partial charge is 0.458 e. The van der Waals surface area contributed by atoms with Gasteiger partial charge in [-0.05, 0) is 44.1 Å². The number of hydrogen-bond acceptors (Lipinski definition) is 4. The van der Waals surface area contributed by atoms with E-state index in [0.717, 1.165) is 11.1 Å². The van der Waals surface area contributed by atoms with Gasteiger partial charge >= 0.3 is 5.97 Å². The van der Waals surface area contributed by atoms with E-state index in [0.29, 0.717) is 12.8 Å². The van der Waals surface area contributed by atoms with Crippen molar-refractivity contribution in [2.45, 2.75) is 79.4 Å². The van der Waals surface area contributed by atoms with Crippen LogP contribution in [0.5, 0.6) is 0 Å². The topological polar surface area (TPSA) is 63.6 Å². The van der Waals surface area contributed by atoms with Gasteiger partial charge in [0.05, 0.1) is 11.5 Å². The Morgan fingerprint density at radius 3 is 2.40 bits per heavy atom. The van der Waals surface area contributed by atoms with Gasteiger partial charge in [-0.1, -0.05) is 59.3 Å². The van der Waals surface area contributed by atoms with Gasteiger partial charge in [0, 0.05) is 29.1 Å². The van der Waals surface area contributed by atoms with Gasteiger partial charge in [-0.2, -0.15) is 0 Å². The van der Waals surface area contributed by atoms with Crippen LogP contribution in [-0.4, -0.2) is 28.1 Å². The number of ether oxygens (including phenoxy) is 1. The van der Waals surface area contributed by atoms with Gasteiger partial charge in [0.1, 0.15) is 5.60 Å². The highest BCUT2D eigenvalue weighted by Crippen LogP contribution is 2.76. The zero-order valence-corrected chi connectivity index (χ0v) is 19.8. The van der Waals surface area contributed by atoms with Crippen molar-refractivity contribution in [1.82, 2.24) is 0 Å². The normalized spacial score (nSPS) is 44.9. The first-order valence-corrected chi connectivity index (χ1v) is 11.6. The molecule has 0 aromatic heterocycles. The molecule has 30 heavy (non-hydrogen) atoms. The van der Waals surface area contributed by atoms with Crippen molar-refractivity contribution in [3.63, 3.8) is 0 Å². The molecule has 0 bridgehead atoms. The summed E-state index contributed by atoms with van der Waals surface area (Å²) in [7, 11) is 0. The minimum Gasteiger partial charge on any atom is -0.458 e. The van der Waals surface area contributed by atoms with Crippen molar-refractivity contribution in [3.05, 3.63) is 23.3 Å². The first kappa shape index (κ1) is 21.8. The number of carbonyl (C=O) groups is 2. The van der Waals surface area contributed by atoms with Crippen molar-refractivity contribution in [3.8, 4) is 0 Å². The number of aliphatic hydroxyl groups is 1. The van der Waals surface area contributed by atoms with Gasteiger partial charge in [0.25, 0.3) is 0 Å². The molecule has 4 rings (SSSR count). The molecule has 166 valence electrons. The lowest BCUT2D eigenvalue weighted by Crippen LogP contribution is -2.56. The summed E-state index contributed by atoms with van der Waals surface area (Å²) < 4.78 is 6.32. The summed E-state index contributed by atoms with van der Waals surface area (Å²) in [6.07, 6.45) is 5.58. The molecule has 0 amide bonds. The molecule has 0 heterocycles. The molecule has 1 N–H and O–H groups in total. The second-order valence-electron chi connectivity index (χ2n) is 11.6. The predicted molar refractivity (Wildman–Crippen MR) is 116 cm³/mol. The lowest BCUT2D eigenvalue weighted by Gasteiger charge is -2.49. The van der Waals surface area contributed by atoms with Crippen molar-refractivity contribution in [2.24, 2.45) is 46.8 Å². The minimum absolute atomic E-state index is 0.0626. The lowest BCUT2D eigenvalue weighted by molar-refractivity contribution is -0.177. The minimum atomic E-state index is -0.992. The molecular formula is C26H38O4. The Bertz CT molecular complexity index is 849. The Hall–Kier alpha value is -1.42. The fourth-order valence-electron chi connectivity index (χ4n) is 7.08. The van der Waals surface area contributed by atoms with Gasteiger partial charge in [0.2, 0.25) is 0 Å². The van der Waals surface area contributed by atoms with E-state index < -0.39 is 11.2 Å². The average Bonchev–Trinajstić information content (AvgIpc) is 3.01. The van der Waals surface area contributed by atoms with E-state index in [1.807, 2.05) is 33.8 Å². The van der Waals surface area contributed by atoms with Gasteiger partial charge < -0.3 is 9.84 Å².